The fourth-order valence-electron chi connectivity index (χ4n) is 1.47. The van der Waals surface area contributed by atoms with Gasteiger partial charge in [-0.05, 0) is 30.7 Å². The first-order valence-electron chi connectivity index (χ1n) is 5.25. The monoisotopic (exact) mass is 280 g/mol. The molecule has 0 spiro atoms. The van der Waals surface area contributed by atoms with Crippen LogP contribution in [0.25, 0.3) is 0 Å². The quantitative estimate of drug-likeness (QED) is 0.905. The van der Waals surface area contributed by atoms with Crippen molar-refractivity contribution < 1.29 is 4.79 Å². The Labute approximate surface area is 115 Å². The van der Waals surface area contributed by atoms with E-state index in [9.17, 15) is 4.79 Å². The lowest BCUT2D eigenvalue weighted by molar-refractivity contribution is 0.102. The summed E-state index contributed by atoms with van der Waals surface area (Å²) in [6.07, 6.45) is 2.94. The number of pyridine rings is 1. The molecule has 0 atom stereocenters. The maximum atomic E-state index is 12.0. The first kappa shape index (κ1) is 12.9. The number of carbonyl (C=O) groups excluding carboxylic acids is 1. The molecule has 0 radical (unpaired) electrons. The first-order valence-corrected chi connectivity index (χ1v) is 6.00. The number of rotatable bonds is 2. The van der Waals surface area contributed by atoms with E-state index in [2.05, 4.69) is 10.3 Å². The lowest BCUT2D eigenvalue weighted by Crippen LogP contribution is -2.13. The summed E-state index contributed by atoms with van der Waals surface area (Å²) in [4.78, 5) is 15.9. The Morgan fingerprint density at radius 2 is 2.00 bits per heavy atom. The zero-order chi connectivity index (χ0) is 13.1. The van der Waals surface area contributed by atoms with Gasteiger partial charge in [-0.1, -0.05) is 29.3 Å². The molecular formula is C13H10Cl2N2O. The fourth-order valence-corrected chi connectivity index (χ4v) is 1.82. The third-order valence-corrected chi connectivity index (χ3v) is 3.04. The minimum atomic E-state index is -0.333. The van der Waals surface area contributed by atoms with Crippen molar-refractivity contribution in [2.45, 2.75) is 6.92 Å². The van der Waals surface area contributed by atoms with Crippen molar-refractivity contribution in [3.63, 3.8) is 0 Å². The van der Waals surface area contributed by atoms with E-state index in [4.69, 9.17) is 23.2 Å². The van der Waals surface area contributed by atoms with Gasteiger partial charge in [0.2, 0.25) is 0 Å². The molecule has 2 rings (SSSR count). The van der Waals surface area contributed by atoms with E-state index >= 15 is 0 Å². The summed E-state index contributed by atoms with van der Waals surface area (Å²) < 4.78 is 0. The van der Waals surface area contributed by atoms with Gasteiger partial charge in [0.25, 0.3) is 5.91 Å². The molecule has 0 fully saturated rings. The minimum absolute atomic E-state index is 0.316. The number of hydrogen-bond acceptors (Lipinski definition) is 2. The highest BCUT2D eigenvalue weighted by atomic mass is 35.5. The molecule has 1 amide bonds. The van der Waals surface area contributed by atoms with Crippen LogP contribution in [0, 0.1) is 6.92 Å². The summed E-state index contributed by atoms with van der Waals surface area (Å²) in [5.41, 5.74) is 1.88. The smallest absolute Gasteiger partial charge is 0.258 e. The third-order valence-electron chi connectivity index (χ3n) is 2.38. The van der Waals surface area contributed by atoms with Crippen molar-refractivity contribution in [3.8, 4) is 0 Å². The lowest BCUT2D eigenvalue weighted by Gasteiger charge is -2.08. The van der Waals surface area contributed by atoms with Crippen molar-refractivity contribution in [1.82, 2.24) is 4.98 Å². The Morgan fingerprint density at radius 1 is 1.22 bits per heavy atom. The molecule has 92 valence electrons. The summed E-state index contributed by atoms with van der Waals surface area (Å²) in [6, 6.07) is 6.96. The SMILES string of the molecule is Cc1ccc(Cl)c(NC(=O)c2cnccc2Cl)c1. The van der Waals surface area contributed by atoms with Crippen LogP contribution in [-0.2, 0) is 0 Å². The number of nitrogens with zero attached hydrogens (tertiary/aromatic N) is 1. The number of hydrogen-bond donors (Lipinski definition) is 1. The van der Waals surface area contributed by atoms with Gasteiger partial charge in [-0.25, -0.2) is 0 Å². The van der Waals surface area contributed by atoms with Gasteiger partial charge in [0.05, 0.1) is 21.3 Å². The summed E-state index contributed by atoms with van der Waals surface area (Å²) in [5, 5.41) is 3.55. The van der Waals surface area contributed by atoms with E-state index in [0.29, 0.717) is 21.3 Å². The minimum Gasteiger partial charge on any atom is -0.321 e. The zero-order valence-corrected chi connectivity index (χ0v) is 11.1. The van der Waals surface area contributed by atoms with Gasteiger partial charge in [-0.15, -0.1) is 0 Å². The molecule has 2 aromatic rings. The van der Waals surface area contributed by atoms with Crippen LogP contribution >= 0.6 is 23.2 Å². The molecule has 0 aliphatic heterocycles. The summed E-state index contributed by atoms with van der Waals surface area (Å²) >= 11 is 11.9. The molecular weight excluding hydrogens is 271 g/mol. The van der Waals surface area contributed by atoms with E-state index in [-0.39, 0.29) is 5.91 Å². The topological polar surface area (TPSA) is 42.0 Å². The van der Waals surface area contributed by atoms with Crippen LogP contribution in [0.2, 0.25) is 10.0 Å². The highest BCUT2D eigenvalue weighted by Crippen LogP contribution is 2.24. The van der Waals surface area contributed by atoms with E-state index < -0.39 is 0 Å². The van der Waals surface area contributed by atoms with Gasteiger partial charge in [0.1, 0.15) is 0 Å². The summed E-state index contributed by atoms with van der Waals surface area (Å²) in [6.45, 7) is 1.92. The van der Waals surface area contributed by atoms with Crippen molar-refractivity contribution in [2.24, 2.45) is 0 Å². The average molecular weight is 281 g/mol. The second-order valence-electron chi connectivity index (χ2n) is 3.79. The van der Waals surface area contributed by atoms with E-state index in [1.807, 2.05) is 13.0 Å². The number of amides is 1. The van der Waals surface area contributed by atoms with Crippen molar-refractivity contribution in [2.75, 3.05) is 5.32 Å². The van der Waals surface area contributed by atoms with Crippen LogP contribution in [0.5, 0.6) is 0 Å². The number of aromatic nitrogens is 1. The molecule has 3 nitrogen and oxygen atoms in total. The Bertz CT molecular complexity index is 599. The highest BCUT2D eigenvalue weighted by molar-refractivity contribution is 6.35. The average Bonchev–Trinajstić information content (AvgIpc) is 2.34. The van der Waals surface area contributed by atoms with Gasteiger partial charge < -0.3 is 5.32 Å². The van der Waals surface area contributed by atoms with Gasteiger partial charge in [0, 0.05) is 12.4 Å². The van der Waals surface area contributed by atoms with E-state index in [1.54, 1.807) is 18.2 Å². The van der Waals surface area contributed by atoms with Gasteiger partial charge >= 0.3 is 0 Å². The van der Waals surface area contributed by atoms with Crippen LogP contribution < -0.4 is 5.32 Å². The number of benzene rings is 1. The Hall–Kier alpha value is -1.58. The number of aryl methyl sites for hydroxylation is 1. The summed E-state index contributed by atoms with van der Waals surface area (Å²) in [5.74, 6) is -0.333. The number of halogens is 2. The number of carbonyl (C=O) groups is 1. The molecule has 0 aliphatic carbocycles. The van der Waals surface area contributed by atoms with Gasteiger partial charge in [-0.2, -0.15) is 0 Å². The second kappa shape index (κ2) is 5.38. The third kappa shape index (κ3) is 2.81. The van der Waals surface area contributed by atoms with Crippen molar-refractivity contribution >= 4 is 34.8 Å². The first-order chi connectivity index (χ1) is 8.58. The maximum absolute atomic E-state index is 12.0. The van der Waals surface area contributed by atoms with Crippen LogP contribution in [0.15, 0.2) is 36.7 Å². The Morgan fingerprint density at radius 3 is 2.72 bits per heavy atom. The molecule has 1 N–H and O–H groups in total. The van der Waals surface area contributed by atoms with Crippen LogP contribution in [0.4, 0.5) is 5.69 Å². The highest BCUT2D eigenvalue weighted by Gasteiger charge is 2.12. The van der Waals surface area contributed by atoms with Crippen LogP contribution in [0.1, 0.15) is 15.9 Å². The molecule has 1 aromatic carbocycles. The fraction of sp³-hybridized carbons (Fsp3) is 0.0769. The number of anilines is 1. The zero-order valence-electron chi connectivity index (χ0n) is 9.58. The van der Waals surface area contributed by atoms with Crippen molar-refractivity contribution in [3.05, 3.63) is 57.8 Å². The standard InChI is InChI=1S/C13H10Cl2N2O/c1-8-2-3-11(15)12(6-8)17-13(18)9-7-16-5-4-10(9)14/h2-7H,1H3,(H,17,18). The molecule has 0 unspecified atom stereocenters. The molecule has 0 bridgehead atoms. The molecule has 1 heterocycles. The second-order valence-corrected chi connectivity index (χ2v) is 4.61. The predicted molar refractivity (Wildman–Crippen MR) is 73.4 cm³/mol. The molecule has 0 saturated heterocycles. The molecule has 5 heteroatoms. The van der Waals surface area contributed by atoms with Crippen LogP contribution in [0.3, 0.4) is 0 Å². The lowest BCUT2D eigenvalue weighted by atomic mass is 10.2. The van der Waals surface area contributed by atoms with Crippen molar-refractivity contribution in [1.29, 1.82) is 0 Å². The predicted octanol–water partition coefficient (Wildman–Crippen LogP) is 3.95. The van der Waals surface area contributed by atoms with E-state index in [0.717, 1.165) is 5.56 Å². The molecule has 0 saturated carbocycles. The largest absolute Gasteiger partial charge is 0.321 e. The normalized spacial score (nSPS) is 10.2. The molecule has 0 aliphatic rings. The van der Waals surface area contributed by atoms with Gasteiger partial charge in [0.15, 0.2) is 0 Å². The van der Waals surface area contributed by atoms with Crippen LogP contribution in [-0.4, -0.2) is 10.9 Å². The van der Waals surface area contributed by atoms with E-state index in [1.165, 1.54) is 12.4 Å². The maximum Gasteiger partial charge on any atom is 0.258 e. The Kier molecular flexibility index (Phi) is 3.84. The Balaban J connectivity index is 2.27. The summed E-state index contributed by atoms with van der Waals surface area (Å²) in [7, 11) is 0. The molecule has 1 aromatic heterocycles. The molecule has 18 heavy (non-hydrogen) atoms. The number of nitrogens with one attached hydrogen (secondary N) is 1. The van der Waals surface area contributed by atoms with Gasteiger partial charge in [-0.3, -0.25) is 9.78 Å².